The van der Waals surface area contributed by atoms with Crippen LogP contribution in [0.25, 0.3) is 0 Å². The second-order valence-electron chi connectivity index (χ2n) is 4.80. The monoisotopic (exact) mass is 191 g/mol. The molecule has 2 rings (SSSR count). The average molecular weight is 191 g/mol. The number of hydrogen-bond acceptors (Lipinski definition) is 3. The highest BCUT2D eigenvalue weighted by molar-refractivity contribution is 5.22. The first kappa shape index (κ1) is 9.59. The van der Waals surface area contributed by atoms with Crippen molar-refractivity contribution in [3.63, 3.8) is 0 Å². The van der Waals surface area contributed by atoms with E-state index in [9.17, 15) is 0 Å². The fourth-order valence-electron chi connectivity index (χ4n) is 2.01. The van der Waals surface area contributed by atoms with Gasteiger partial charge in [-0.05, 0) is 30.2 Å². The van der Waals surface area contributed by atoms with Gasteiger partial charge in [-0.25, -0.2) is 9.97 Å². The molecule has 1 aromatic heterocycles. The van der Waals surface area contributed by atoms with E-state index >= 15 is 0 Å². The zero-order valence-electron chi connectivity index (χ0n) is 8.88. The van der Waals surface area contributed by atoms with Crippen molar-refractivity contribution in [1.29, 1.82) is 0 Å². The number of hydrogen-bond donors (Lipinski definition) is 1. The van der Waals surface area contributed by atoms with Crippen molar-refractivity contribution in [2.75, 3.05) is 0 Å². The summed E-state index contributed by atoms with van der Waals surface area (Å²) in [7, 11) is 0. The molecule has 0 spiro atoms. The lowest BCUT2D eigenvalue weighted by atomic mass is 9.76. The SMILES string of the molecule is CC1(C)CCc2nc(CN)ncc2C1. The smallest absolute Gasteiger partial charge is 0.142 e. The topological polar surface area (TPSA) is 51.8 Å². The normalized spacial score (nSPS) is 19.1. The van der Waals surface area contributed by atoms with E-state index in [4.69, 9.17) is 5.73 Å². The maximum absolute atomic E-state index is 5.51. The van der Waals surface area contributed by atoms with Crippen molar-refractivity contribution in [3.8, 4) is 0 Å². The Kier molecular flexibility index (Phi) is 2.27. The molecule has 0 aliphatic heterocycles. The van der Waals surface area contributed by atoms with Crippen LogP contribution in [-0.4, -0.2) is 9.97 Å². The first-order valence-electron chi connectivity index (χ1n) is 5.14. The Morgan fingerprint density at radius 3 is 3.00 bits per heavy atom. The minimum Gasteiger partial charge on any atom is -0.324 e. The van der Waals surface area contributed by atoms with E-state index in [1.807, 2.05) is 6.20 Å². The summed E-state index contributed by atoms with van der Waals surface area (Å²) in [5.41, 5.74) is 8.43. The highest BCUT2D eigenvalue weighted by Gasteiger charge is 2.26. The Labute approximate surface area is 84.8 Å². The molecule has 14 heavy (non-hydrogen) atoms. The second-order valence-corrected chi connectivity index (χ2v) is 4.80. The van der Waals surface area contributed by atoms with Crippen LogP contribution in [0, 0.1) is 5.41 Å². The molecule has 76 valence electrons. The van der Waals surface area contributed by atoms with Gasteiger partial charge in [0.2, 0.25) is 0 Å². The van der Waals surface area contributed by atoms with E-state index in [-0.39, 0.29) is 0 Å². The summed E-state index contributed by atoms with van der Waals surface area (Å²) >= 11 is 0. The van der Waals surface area contributed by atoms with Gasteiger partial charge in [-0.1, -0.05) is 13.8 Å². The summed E-state index contributed by atoms with van der Waals surface area (Å²) in [6, 6.07) is 0. The molecule has 0 atom stereocenters. The van der Waals surface area contributed by atoms with Crippen molar-refractivity contribution >= 4 is 0 Å². The predicted molar refractivity (Wildman–Crippen MR) is 55.7 cm³/mol. The van der Waals surface area contributed by atoms with Crippen LogP contribution in [0.3, 0.4) is 0 Å². The summed E-state index contributed by atoms with van der Waals surface area (Å²) in [5, 5.41) is 0. The van der Waals surface area contributed by atoms with Gasteiger partial charge in [0.1, 0.15) is 5.82 Å². The fraction of sp³-hybridized carbons (Fsp3) is 0.636. The predicted octanol–water partition coefficient (Wildman–Crippen LogP) is 1.45. The first-order chi connectivity index (χ1) is 6.61. The van der Waals surface area contributed by atoms with Gasteiger partial charge in [0.25, 0.3) is 0 Å². The molecule has 0 saturated heterocycles. The Morgan fingerprint density at radius 1 is 1.50 bits per heavy atom. The van der Waals surface area contributed by atoms with Crippen LogP contribution < -0.4 is 5.73 Å². The molecule has 1 aromatic rings. The summed E-state index contributed by atoms with van der Waals surface area (Å²) in [6.07, 6.45) is 5.32. The van der Waals surface area contributed by atoms with Crippen LogP contribution in [0.15, 0.2) is 6.20 Å². The third kappa shape index (κ3) is 1.77. The van der Waals surface area contributed by atoms with Crippen molar-refractivity contribution in [2.45, 2.75) is 39.7 Å². The zero-order chi connectivity index (χ0) is 10.2. The van der Waals surface area contributed by atoms with Crippen LogP contribution in [-0.2, 0) is 19.4 Å². The fourth-order valence-corrected chi connectivity index (χ4v) is 2.01. The van der Waals surface area contributed by atoms with Gasteiger partial charge in [0.15, 0.2) is 0 Å². The van der Waals surface area contributed by atoms with E-state index in [1.54, 1.807) is 0 Å². The molecular weight excluding hydrogens is 174 g/mol. The van der Waals surface area contributed by atoms with Gasteiger partial charge in [-0.3, -0.25) is 0 Å². The quantitative estimate of drug-likeness (QED) is 0.731. The van der Waals surface area contributed by atoms with Gasteiger partial charge < -0.3 is 5.73 Å². The molecule has 0 aromatic carbocycles. The van der Waals surface area contributed by atoms with Crippen LogP contribution in [0.1, 0.15) is 37.4 Å². The number of fused-ring (bicyclic) bond motifs is 1. The summed E-state index contributed by atoms with van der Waals surface area (Å²) in [4.78, 5) is 8.70. The van der Waals surface area contributed by atoms with E-state index < -0.39 is 0 Å². The number of aromatic nitrogens is 2. The van der Waals surface area contributed by atoms with Gasteiger partial charge >= 0.3 is 0 Å². The van der Waals surface area contributed by atoms with Crippen molar-refractivity contribution < 1.29 is 0 Å². The number of nitrogens with zero attached hydrogens (tertiary/aromatic N) is 2. The minimum absolute atomic E-state index is 0.403. The summed E-state index contributed by atoms with van der Waals surface area (Å²) in [5.74, 6) is 0.767. The molecule has 0 bridgehead atoms. The highest BCUT2D eigenvalue weighted by atomic mass is 14.9. The molecule has 0 amide bonds. The Morgan fingerprint density at radius 2 is 2.29 bits per heavy atom. The van der Waals surface area contributed by atoms with Crippen molar-refractivity contribution in [3.05, 3.63) is 23.3 Å². The molecule has 3 nitrogen and oxygen atoms in total. The highest BCUT2D eigenvalue weighted by Crippen LogP contribution is 2.33. The van der Waals surface area contributed by atoms with Gasteiger partial charge in [-0.2, -0.15) is 0 Å². The number of rotatable bonds is 1. The first-order valence-corrected chi connectivity index (χ1v) is 5.14. The molecule has 0 radical (unpaired) electrons. The largest absolute Gasteiger partial charge is 0.324 e. The molecule has 2 N–H and O–H groups in total. The molecular formula is C11H17N3. The van der Waals surface area contributed by atoms with E-state index in [1.165, 1.54) is 17.7 Å². The molecule has 1 aliphatic rings. The van der Waals surface area contributed by atoms with E-state index in [0.29, 0.717) is 12.0 Å². The van der Waals surface area contributed by atoms with Crippen LogP contribution in [0.4, 0.5) is 0 Å². The second kappa shape index (κ2) is 3.31. The summed E-state index contributed by atoms with van der Waals surface area (Å²) < 4.78 is 0. The Bertz CT molecular complexity index is 344. The zero-order valence-corrected chi connectivity index (χ0v) is 8.88. The number of aryl methyl sites for hydroxylation is 1. The molecule has 0 fully saturated rings. The maximum atomic E-state index is 5.51. The lowest BCUT2D eigenvalue weighted by Gasteiger charge is -2.30. The van der Waals surface area contributed by atoms with Crippen molar-refractivity contribution in [1.82, 2.24) is 9.97 Å². The molecule has 0 saturated carbocycles. The molecule has 0 unspecified atom stereocenters. The lowest BCUT2D eigenvalue weighted by molar-refractivity contribution is 0.311. The summed E-state index contributed by atoms with van der Waals surface area (Å²) in [6.45, 7) is 5.04. The van der Waals surface area contributed by atoms with Crippen LogP contribution >= 0.6 is 0 Å². The third-order valence-corrected chi connectivity index (χ3v) is 2.89. The Hall–Kier alpha value is -0.960. The van der Waals surface area contributed by atoms with Crippen LogP contribution in [0.2, 0.25) is 0 Å². The third-order valence-electron chi connectivity index (χ3n) is 2.89. The molecule has 1 heterocycles. The van der Waals surface area contributed by atoms with Gasteiger partial charge in [0, 0.05) is 11.9 Å². The van der Waals surface area contributed by atoms with E-state index in [0.717, 1.165) is 18.7 Å². The lowest BCUT2D eigenvalue weighted by Crippen LogP contribution is -2.24. The van der Waals surface area contributed by atoms with Crippen molar-refractivity contribution in [2.24, 2.45) is 11.1 Å². The molecule has 3 heteroatoms. The van der Waals surface area contributed by atoms with Gasteiger partial charge in [0.05, 0.1) is 6.54 Å². The Balaban J connectivity index is 2.32. The van der Waals surface area contributed by atoms with Crippen LogP contribution in [0.5, 0.6) is 0 Å². The standard InChI is InChI=1S/C11H17N3/c1-11(2)4-3-9-8(5-11)7-13-10(6-12)14-9/h7H,3-6,12H2,1-2H3. The maximum Gasteiger partial charge on any atom is 0.142 e. The number of nitrogens with two attached hydrogens (primary N) is 1. The van der Waals surface area contributed by atoms with Gasteiger partial charge in [-0.15, -0.1) is 0 Å². The van der Waals surface area contributed by atoms with E-state index in [2.05, 4.69) is 23.8 Å². The minimum atomic E-state index is 0.403. The average Bonchev–Trinajstić information content (AvgIpc) is 2.16. The molecule has 1 aliphatic carbocycles.